The number of fused-ring (bicyclic) bond motifs is 12. The summed E-state index contributed by atoms with van der Waals surface area (Å²) in [7, 11) is 0. The summed E-state index contributed by atoms with van der Waals surface area (Å²) in [5.41, 5.74) is 17.6. The van der Waals surface area contributed by atoms with E-state index in [-0.39, 0.29) is 12.1 Å². The average Bonchev–Trinajstić information content (AvgIpc) is 4.21. The van der Waals surface area contributed by atoms with Crippen molar-refractivity contribution in [3.63, 3.8) is 0 Å². The van der Waals surface area contributed by atoms with E-state index in [9.17, 15) is 0 Å². The van der Waals surface area contributed by atoms with Crippen LogP contribution in [0.4, 0.5) is 0 Å². The summed E-state index contributed by atoms with van der Waals surface area (Å²) >= 11 is 1.89. The molecule has 9 aromatic carbocycles. The molecule has 6 heteroatoms. The van der Waals surface area contributed by atoms with Crippen molar-refractivity contribution in [2.24, 2.45) is 4.99 Å². The van der Waals surface area contributed by atoms with Gasteiger partial charge in [-0.15, -0.1) is 11.3 Å². The highest BCUT2D eigenvalue weighted by molar-refractivity contribution is 7.26. The van der Waals surface area contributed by atoms with Crippen molar-refractivity contribution < 1.29 is 8.83 Å². The minimum atomic E-state index is -0.323. The van der Waals surface area contributed by atoms with Gasteiger partial charge < -0.3 is 18.7 Å². The molecule has 0 saturated carbocycles. The minimum absolute atomic E-state index is 0.107. The Balaban J connectivity index is 0.886. The van der Waals surface area contributed by atoms with Gasteiger partial charge in [0.25, 0.3) is 0 Å². The number of nitrogens with zero attached hydrogens (tertiary/aromatic N) is 2. The third-order valence-corrected chi connectivity index (χ3v) is 16.4. The summed E-state index contributed by atoms with van der Waals surface area (Å²) in [6, 6.07) is 72.3. The van der Waals surface area contributed by atoms with Crippen LogP contribution in [-0.4, -0.2) is 10.3 Å². The summed E-state index contributed by atoms with van der Waals surface area (Å²) in [6.45, 7) is 2.23. The fraction of sp³-hybridized carbons (Fsp3) is 0.0758. The van der Waals surface area contributed by atoms with Crippen LogP contribution in [0.3, 0.4) is 0 Å². The van der Waals surface area contributed by atoms with Crippen LogP contribution in [-0.2, 0) is 6.42 Å². The summed E-state index contributed by atoms with van der Waals surface area (Å²) in [6.07, 6.45) is 5.81. The molecule has 0 fully saturated rings. The first-order chi connectivity index (χ1) is 35.6. The van der Waals surface area contributed by atoms with Crippen molar-refractivity contribution in [1.82, 2.24) is 9.88 Å². The predicted molar refractivity (Wildman–Crippen MR) is 301 cm³/mol. The van der Waals surface area contributed by atoms with Crippen molar-refractivity contribution in [2.75, 3.05) is 0 Å². The molecule has 0 spiro atoms. The molecule has 0 bridgehead atoms. The molecule has 1 aliphatic heterocycles. The average molecular weight is 944 g/mol. The van der Waals surface area contributed by atoms with E-state index in [0.29, 0.717) is 0 Å². The number of thiophene rings is 1. The normalized spacial score (nSPS) is 15.9. The van der Waals surface area contributed by atoms with Crippen molar-refractivity contribution >= 4 is 104 Å². The molecule has 5 nitrogen and oxygen atoms in total. The molecule has 4 aromatic heterocycles. The topological polar surface area (TPSA) is 55.6 Å². The number of para-hydroxylation sites is 4. The van der Waals surface area contributed by atoms with Gasteiger partial charge in [0.05, 0.1) is 16.7 Å². The van der Waals surface area contributed by atoms with Gasteiger partial charge in [-0.2, -0.15) is 0 Å². The lowest BCUT2D eigenvalue weighted by molar-refractivity contribution is 0.591. The molecular formula is C66H45N3O2S. The van der Waals surface area contributed by atoms with Gasteiger partial charge >= 0.3 is 0 Å². The number of nitrogens with one attached hydrogen (secondary N) is 1. The Hall–Kier alpha value is -8.71. The van der Waals surface area contributed by atoms with Crippen LogP contribution in [0.2, 0.25) is 0 Å². The van der Waals surface area contributed by atoms with Crippen molar-refractivity contribution in [1.29, 1.82) is 0 Å². The zero-order valence-corrected chi connectivity index (χ0v) is 40.2. The molecule has 2 unspecified atom stereocenters. The molecule has 342 valence electrons. The lowest BCUT2D eigenvalue weighted by Crippen LogP contribution is -2.28. The van der Waals surface area contributed by atoms with E-state index in [1.54, 1.807) is 0 Å². The van der Waals surface area contributed by atoms with Crippen LogP contribution in [0.15, 0.2) is 226 Å². The molecule has 2 aliphatic rings. The monoisotopic (exact) mass is 943 g/mol. The predicted octanol–water partition coefficient (Wildman–Crippen LogP) is 17.7. The van der Waals surface area contributed by atoms with E-state index in [0.717, 1.165) is 90.9 Å². The second kappa shape index (κ2) is 16.2. The van der Waals surface area contributed by atoms with Crippen LogP contribution in [0, 0.1) is 0 Å². The molecule has 0 saturated heterocycles. The second-order valence-electron chi connectivity index (χ2n) is 19.2. The van der Waals surface area contributed by atoms with E-state index in [1.807, 2.05) is 17.4 Å². The number of hydrogen-bond acceptors (Lipinski definition) is 5. The van der Waals surface area contributed by atoms with Crippen molar-refractivity contribution in [3.8, 4) is 16.8 Å². The molecule has 15 rings (SSSR count). The Labute approximate surface area is 419 Å². The third kappa shape index (κ3) is 6.28. The number of hydrogen-bond donors (Lipinski definition) is 1. The zero-order chi connectivity index (χ0) is 47.4. The third-order valence-electron chi connectivity index (χ3n) is 15.2. The van der Waals surface area contributed by atoms with Gasteiger partial charge in [-0.05, 0) is 108 Å². The van der Waals surface area contributed by atoms with E-state index in [4.69, 9.17) is 13.8 Å². The smallest absolute Gasteiger partial charge is 0.145 e. The Kier molecular flexibility index (Phi) is 9.23. The van der Waals surface area contributed by atoms with E-state index < -0.39 is 0 Å². The fourth-order valence-corrected chi connectivity index (χ4v) is 13.1. The molecule has 13 aromatic rings. The second-order valence-corrected chi connectivity index (χ2v) is 20.2. The first-order valence-corrected chi connectivity index (χ1v) is 25.8. The number of rotatable bonds is 7. The van der Waals surface area contributed by atoms with Crippen LogP contribution in [0.5, 0.6) is 0 Å². The Morgan fingerprint density at radius 1 is 0.583 bits per heavy atom. The van der Waals surface area contributed by atoms with Gasteiger partial charge in [-0.3, -0.25) is 4.99 Å². The largest absolute Gasteiger partial charge is 0.456 e. The van der Waals surface area contributed by atoms with Gasteiger partial charge in [0.15, 0.2) is 0 Å². The standard InChI is InChI=1S/C66H45N3O2S/c1-2-44-62(67-66(39-17-5-3-6-18-39)68-63(44)50-26-15-24-48-46-22-10-13-28-57(46)71-64(48)50)49-25-16-29-59-61(49)54-35-40(32-34-58(54)70-59)42-37-51(65-53(38-42)47-23-11-14-30-60(47)72-65)41-31-33-56-52(36-41)45-21-9-12-27-55(45)69(56)43-19-7-4-8-20-43/h3-34,36-38,40,66-67H,2,35H2,1H3. The van der Waals surface area contributed by atoms with Crippen LogP contribution in [0.25, 0.3) is 103 Å². The molecular weight excluding hydrogens is 899 g/mol. The lowest BCUT2D eigenvalue weighted by atomic mass is 9.83. The highest BCUT2D eigenvalue weighted by atomic mass is 32.1. The molecule has 72 heavy (non-hydrogen) atoms. The summed E-state index contributed by atoms with van der Waals surface area (Å²) in [5, 5.41) is 12.4. The first kappa shape index (κ1) is 41.1. The van der Waals surface area contributed by atoms with Crippen LogP contribution < -0.4 is 5.32 Å². The van der Waals surface area contributed by atoms with Gasteiger partial charge in [-0.25, -0.2) is 0 Å². The van der Waals surface area contributed by atoms with Gasteiger partial charge in [-0.1, -0.05) is 146 Å². The van der Waals surface area contributed by atoms with E-state index in [1.165, 1.54) is 64.2 Å². The first-order valence-electron chi connectivity index (χ1n) is 25.0. The Bertz CT molecular complexity index is 4450. The fourth-order valence-electron chi connectivity index (χ4n) is 11.9. The molecule has 2 atom stereocenters. The molecule has 1 aliphatic carbocycles. The lowest BCUT2D eigenvalue weighted by Gasteiger charge is -2.29. The summed E-state index contributed by atoms with van der Waals surface area (Å²) < 4.78 is 18.5. The van der Waals surface area contributed by atoms with Gasteiger partial charge in [0, 0.05) is 86.7 Å². The quantitative estimate of drug-likeness (QED) is 0.173. The highest BCUT2D eigenvalue weighted by Gasteiger charge is 2.31. The number of aromatic nitrogens is 1. The molecule has 0 radical (unpaired) electrons. The van der Waals surface area contributed by atoms with E-state index >= 15 is 0 Å². The summed E-state index contributed by atoms with van der Waals surface area (Å²) in [4.78, 5) is 5.55. The number of aliphatic imine (C=N–C) groups is 1. The minimum Gasteiger partial charge on any atom is -0.456 e. The molecule has 0 amide bonds. The van der Waals surface area contributed by atoms with Crippen LogP contribution in [0.1, 0.15) is 59.0 Å². The Morgan fingerprint density at radius 3 is 2.18 bits per heavy atom. The molecule has 5 heterocycles. The zero-order valence-electron chi connectivity index (χ0n) is 39.4. The van der Waals surface area contributed by atoms with Crippen molar-refractivity contribution in [3.05, 3.63) is 245 Å². The number of furan rings is 2. The van der Waals surface area contributed by atoms with E-state index in [2.05, 4.69) is 223 Å². The maximum Gasteiger partial charge on any atom is 0.145 e. The Morgan fingerprint density at radius 2 is 1.31 bits per heavy atom. The number of allylic oxidation sites excluding steroid dienone is 2. The summed E-state index contributed by atoms with van der Waals surface area (Å²) in [5.74, 6) is 1.03. The van der Waals surface area contributed by atoms with Gasteiger partial charge in [0.2, 0.25) is 0 Å². The van der Waals surface area contributed by atoms with Gasteiger partial charge in [0.1, 0.15) is 28.7 Å². The molecule has 1 N–H and O–H groups in total. The van der Waals surface area contributed by atoms with Crippen molar-refractivity contribution in [2.45, 2.75) is 31.8 Å². The highest BCUT2D eigenvalue weighted by Crippen LogP contribution is 2.47. The number of benzene rings is 9. The SMILES string of the molecule is CCC1=C(c2cccc3oc4c(c23)CC(c2cc(-c3ccc5c(c3)c3ccccc3n5-c3ccccc3)c3sc5ccccc5c3c2)C=C4)NC(c2ccccc2)N=C1c1cccc2c1oc1ccccc12. The maximum absolute atomic E-state index is 6.83. The maximum atomic E-state index is 6.83. The van der Waals surface area contributed by atoms with Crippen LogP contribution >= 0.6 is 11.3 Å².